The van der Waals surface area contributed by atoms with E-state index in [1.165, 1.54) is 0 Å². The van der Waals surface area contributed by atoms with Crippen LogP contribution >= 0.6 is 11.6 Å². The third-order valence-electron chi connectivity index (χ3n) is 1.89. The van der Waals surface area contributed by atoms with Crippen LogP contribution in [0.15, 0.2) is 4.42 Å². The molecule has 1 atom stereocenters. The van der Waals surface area contributed by atoms with Crippen LogP contribution in [0.1, 0.15) is 22.9 Å². The molecule has 0 saturated heterocycles. The quantitative estimate of drug-likeness (QED) is 0.742. The number of halogens is 1. The van der Waals surface area contributed by atoms with Crippen molar-refractivity contribution in [1.29, 1.82) is 0 Å². The summed E-state index contributed by atoms with van der Waals surface area (Å²) in [5, 5.41) is 9.19. The largest absolute Gasteiger partial charge is 0.449 e. The van der Waals surface area contributed by atoms with E-state index in [0.29, 0.717) is 11.0 Å². The summed E-state index contributed by atoms with van der Waals surface area (Å²) in [5.41, 5.74) is 7.26. The first-order valence-electron chi connectivity index (χ1n) is 3.69. The van der Waals surface area contributed by atoms with Crippen LogP contribution in [-0.4, -0.2) is 11.7 Å². The highest BCUT2D eigenvalue weighted by molar-refractivity contribution is 6.29. The van der Waals surface area contributed by atoms with Gasteiger partial charge in [0.1, 0.15) is 5.76 Å². The topological polar surface area (TPSA) is 59.4 Å². The molecular weight excluding hydrogens is 178 g/mol. The van der Waals surface area contributed by atoms with E-state index < -0.39 is 6.04 Å². The molecule has 0 radical (unpaired) electrons. The zero-order valence-electron chi connectivity index (χ0n) is 7.10. The van der Waals surface area contributed by atoms with E-state index in [4.69, 9.17) is 26.9 Å². The van der Waals surface area contributed by atoms with E-state index in [2.05, 4.69) is 0 Å². The maximum Gasteiger partial charge on any atom is 0.196 e. The number of hydrogen-bond donors (Lipinski definition) is 2. The monoisotopic (exact) mass is 189 g/mol. The van der Waals surface area contributed by atoms with Gasteiger partial charge in [-0.3, -0.25) is 0 Å². The summed E-state index contributed by atoms with van der Waals surface area (Å²) in [5.74, 6) is 0.680. The van der Waals surface area contributed by atoms with E-state index in [-0.39, 0.29) is 6.61 Å². The van der Waals surface area contributed by atoms with E-state index in [1.54, 1.807) is 6.92 Å². The zero-order chi connectivity index (χ0) is 9.30. The fourth-order valence-electron chi connectivity index (χ4n) is 1.27. The van der Waals surface area contributed by atoms with Gasteiger partial charge in [-0.15, -0.1) is 0 Å². The first-order chi connectivity index (χ1) is 5.57. The van der Waals surface area contributed by atoms with Gasteiger partial charge in [-0.05, 0) is 25.4 Å². The maximum atomic E-state index is 8.84. The van der Waals surface area contributed by atoms with Gasteiger partial charge < -0.3 is 15.3 Å². The predicted octanol–water partition coefficient (Wildman–Crippen LogP) is 1.54. The highest BCUT2D eigenvalue weighted by Crippen LogP contribution is 2.29. The van der Waals surface area contributed by atoms with Crippen molar-refractivity contribution in [3.63, 3.8) is 0 Å². The molecule has 0 aliphatic heterocycles. The molecule has 3 nitrogen and oxygen atoms in total. The fourth-order valence-corrected chi connectivity index (χ4v) is 1.48. The van der Waals surface area contributed by atoms with Crippen LogP contribution in [0.3, 0.4) is 0 Å². The summed E-state index contributed by atoms with van der Waals surface area (Å²) in [4.78, 5) is 0. The summed E-state index contributed by atoms with van der Waals surface area (Å²) in [6, 6.07) is -0.402. The molecule has 1 aromatic rings. The summed E-state index contributed by atoms with van der Waals surface area (Å²) in [6.45, 7) is 3.50. The second kappa shape index (κ2) is 3.47. The van der Waals surface area contributed by atoms with Crippen LogP contribution in [0.4, 0.5) is 0 Å². The van der Waals surface area contributed by atoms with Crippen LogP contribution in [0, 0.1) is 13.8 Å². The highest BCUT2D eigenvalue weighted by atomic mass is 35.5. The van der Waals surface area contributed by atoms with Crippen molar-refractivity contribution in [3.8, 4) is 0 Å². The van der Waals surface area contributed by atoms with Crippen LogP contribution in [0.5, 0.6) is 0 Å². The van der Waals surface area contributed by atoms with Crippen LogP contribution in [0.2, 0.25) is 5.22 Å². The second-order valence-electron chi connectivity index (χ2n) is 2.76. The van der Waals surface area contributed by atoms with Gasteiger partial charge in [-0.2, -0.15) is 0 Å². The molecule has 3 N–H and O–H groups in total. The minimum Gasteiger partial charge on any atom is -0.449 e. The van der Waals surface area contributed by atoms with Crippen LogP contribution < -0.4 is 5.73 Å². The SMILES string of the molecule is Cc1oc(Cl)c(C)c1C(N)CO. The lowest BCUT2D eigenvalue weighted by Crippen LogP contribution is -2.15. The van der Waals surface area contributed by atoms with Crippen molar-refractivity contribution < 1.29 is 9.52 Å². The Morgan fingerprint density at radius 3 is 2.50 bits per heavy atom. The summed E-state index contributed by atoms with van der Waals surface area (Å²) in [6.07, 6.45) is 0. The van der Waals surface area contributed by atoms with E-state index >= 15 is 0 Å². The summed E-state index contributed by atoms with van der Waals surface area (Å²) >= 11 is 5.73. The van der Waals surface area contributed by atoms with Gasteiger partial charge in [0.15, 0.2) is 5.22 Å². The van der Waals surface area contributed by atoms with Gasteiger partial charge in [0.25, 0.3) is 0 Å². The van der Waals surface area contributed by atoms with Gasteiger partial charge in [-0.25, -0.2) is 0 Å². The van der Waals surface area contributed by atoms with Gasteiger partial charge in [0.2, 0.25) is 0 Å². The van der Waals surface area contributed by atoms with Crippen molar-refractivity contribution in [2.75, 3.05) is 6.61 Å². The first-order valence-corrected chi connectivity index (χ1v) is 4.07. The van der Waals surface area contributed by atoms with Gasteiger partial charge in [0.05, 0.1) is 12.6 Å². The molecule has 0 spiro atoms. The summed E-state index contributed by atoms with van der Waals surface area (Å²) in [7, 11) is 0. The molecule has 12 heavy (non-hydrogen) atoms. The number of hydrogen-bond acceptors (Lipinski definition) is 3. The summed E-state index contributed by atoms with van der Waals surface area (Å²) < 4.78 is 5.14. The van der Waals surface area contributed by atoms with Crippen LogP contribution in [0.25, 0.3) is 0 Å². The van der Waals surface area contributed by atoms with Gasteiger partial charge in [0, 0.05) is 11.1 Å². The average Bonchev–Trinajstić information content (AvgIpc) is 2.26. The number of aryl methyl sites for hydroxylation is 1. The molecule has 68 valence electrons. The van der Waals surface area contributed by atoms with Crippen molar-refractivity contribution in [3.05, 3.63) is 22.1 Å². The van der Waals surface area contributed by atoms with E-state index in [0.717, 1.165) is 11.1 Å². The number of furan rings is 1. The van der Waals surface area contributed by atoms with Crippen molar-refractivity contribution in [2.24, 2.45) is 5.73 Å². The Morgan fingerprint density at radius 1 is 1.58 bits per heavy atom. The van der Waals surface area contributed by atoms with Crippen molar-refractivity contribution >= 4 is 11.6 Å². The molecule has 0 fully saturated rings. The number of rotatable bonds is 2. The molecule has 0 amide bonds. The predicted molar refractivity (Wildman–Crippen MR) is 47.2 cm³/mol. The standard InChI is InChI=1S/C8H12ClNO2/c1-4-7(6(10)3-11)5(2)12-8(4)9/h6,11H,3,10H2,1-2H3. The lowest BCUT2D eigenvalue weighted by atomic mass is 10.1. The molecule has 1 heterocycles. The Morgan fingerprint density at radius 2 is 2.17 bits per heavy atom. The molecule has 0 aliphatic rings. The smallest absolute Gasteiger partial charge is 0.196 e. The average molecular weight is 190 g/mol. The van der Waals surface area contributed by atoms with Crippen LogP contribution in [-0.2, 0) is 0 Å². The highest BCUT2D eigenvalue weighted by Gasteiger charge is 2.17. The maximum absolute atomic E-state index is 8.84. The molecule has 1 aromatic heterocycles. The molecule has 4 heteroatoms. The third kappa shape index (κ3) is 1.48. The minimum absolute atomic E-state index is 0.0997. The first kappa shape index (κ1) is 9.58. The van der Waals surface area contributed by atoms with E-state index in [9.17, 15) is 0 Å². The number of aliphatic hydroxyl groups excluding tert-OH is 1. The lowest BCUT2D eigenvalue weighted by Gasteiger charge is -2.07. The normalized spacial score (nSPS) is 13.4. The minimum atomic E-state index is -0.402. The Kier molecular flexibility index (Phi) is 2.77. The Labute approximate surface area is 76.1 Å². The van der Waals surface area contributed by atoms with Gasteiger partial charge >= 0.3 is 0 Å². The number of nitrogens with two attached hydrogens (primary N) is 1. The molecule has 1 rings (SSSR count). The molecule has 0 bridgehead atoms. The Balaban J connectivity index is 3.13. The van der Waals surface area contributed by atoms with Gasteiger partial charge in [-0.1, -0.05) is 0 Å². The van der Waals surface area contributed by atoms with Crippen molar-refractivity contribution in [1.82, 2.24) is 0 Å². The van der Waals surface area contributed by atoms with E-state index in [1.807, 2.05) is 6.92 Å². The molecule has 0 saturated carbocycles. The van der Waals surface area contributed by atoms with Crippen molar-refractivity contribution in [2.45, 2.75) is 19.9 Å². The number of aliphatic hydroxyl groups is 1. The fraction of sp³-hybridized carbons (Fsp3) is 0.500. The Bertz CT molecular complexity index is 283. The second-order valence-corrected chi connectivity index (χ2v) is 3.10. The molecule has 0 aliphatic carbocycles. The third-order valence-corrected chi connectivity index (χ3v) is 2.25. The lowest BCUT2D eigenvalue weighted by molar-refractivity contribution is 0.266. The molecular formula is C8H12ClNO2. The molecule has 0 aromatic carbocycles. The molecule has 1 unspecified atom stereocenters. The zero-order valence-corrected chi connectivity index (χ0v) is 7.85. The Hall–Kier alpha value is -0.510.